The Kier molecular flexibility index (Phi) is 3.59. The molecule has 0 aromatic carbocycles. The summed E-state index contributed by atoms with van der Waals surface area (Å²) < 4.78 is 0. The lowest BCUT2D eigenvalue weighted by Gasteiger charge is -2.46. The monoisotopic (exact) mass is 199 g/mol. The van der Waals surface area contributed by atoms with E-state index in [1.165, 1.54) is 25.7 Å². The lowest BCUT2D eigenvalue weighted by molar-refractivity contribution is 0.0545. The van der Waals surface area contributed by atoms with Crippen molar-refractivity contribution < 1.29 is 5.11 Å². The summed E-state index contributed by atoms with van der Waals surface area (Å²) >= 11 is 0. The Morgan fingerprint density at radius 1 is 1.21 bits per heavy atom. The molecule has 1 unspecified atom stereocenters. The van der Waals surface area contributed by atoms with Gasteiger partial charge in [0.25, 0.3) is 0 Å². The van der Waals surface area contributed by atoms with Crippen LogP contribution < -0.4 is 5.73 Å². The quantitative estimate of drug-likeness (QED) is 0.732. The normalized spacial score (nSPS) is 27.2. The molecule has 0 radical (unpaired) electrons. The minimum Gasteiger partial charge on any atom is -0.396 e. The van der Waals surface area contributed by atoms with Crippen molar-refractivity contribution in [2.24, 2.45) is 16.6 Å². The molecule has 84 valence electrons. The lowest BCUT2D eigenvalue weighted by atomic mass is 9.61. The second-order valence-electron chi connectivity index (χ2n) is 5.79. The first-order valence-corrected chi connectivity index (χ1v) is 5.78. The maximum Gasteiger partial charge on any atom is 0.0436 e. The Bertz CT molecular complexity index is 177. The van der Waals surface area contributed by atoms with E-state index in [0.29, 0.717) is 5.41 Å². The summed E-state index contributed by atoms with van der Waals surface area (Å²) in [4.78, 5) is 0. The molecule has 0 heterocycles. The maximum atomic E-state index is 9.11. The number of hydrogen-bond donors (Lipinski definition) is 2. The van der Waals surface area contributed by atoms with Gasteiger partial charge in [-0.25, -0.2) is 0 Å². The van der Waals surface area contributed by atoms with Crippen molar-refractivity contribution in [3.05, 3.63) is 0 Å². The van der Waals surface area contributed by atoms with E-state index >= 15 is 0 Å². The molecule has 1 aliphatic carbocycles. The predicted molar refractivity (Wildman–Crippen MR) is 60.0 cm³/mol. The van der Waals surface area contributed by atoms with Crippen LogP contribution in [-0.4, -0.2) is 17.8 Å². The molecular weight excluding hydrogens is 174 g/mol. The highest BCUT2D eigenvalue weighted by Gasteiger charge is 2.40. The van der Waals surface area contributed by atoms with Gasteiger partial charge in [0.15, 0.2) is 0 Å². The summed E-state index contributed by atoms with van der Waals surface area (Å²) in [5, 5.41) is 9.11. The molecule has 1 saturated carbocycles. The fourth-order valence-corrected chi connectivity index (χ4v) is 2.58. The Morgan fingerprint density at radius 2 is 1.71 bits per heavy atom. The van der Waals surface area contributed by atoms with Gasteiger partial charge in [0.2, 0.25) is 0 Å². The van der Waals surface area contributed by atoms with Crippen LogP contribution in [0.25, 0.3) is 0 Å². The number of rotatable bonds is 3. The topological polar surface area (TPSA) is 46.2 Å². The SMILES string of the molecule is CC(N)C1(CCO)CCC(C)(C)CC1. The first-order valence-electron chi connectivity index (χ1n) is 5.78. The molecule has 0 spiro atoms. The molecule has 0 aromatic heterocycles. The van der Waals surface area contributed by atoms with Gasteiger partial charge in [0, 0.05) is 12.6 Å². The summed E-state index contributed by atoms with van der Waals surface area (Å²) in [7, 11) is 0. The summed E-state index contributed by atoms with van der Waals surface area (Å²) in [5.41, 5.74) is 6.76. The molecule has 3 N–H and O–H groups in total. The van der Waals surface area contributed by atoms with E-state index in [0.717, 1.165) is 6.42 Å². The molecule has 0 aliphatic heterocycles. The smallest absolute Gasteiger partial charge is 0.0436 e. The van der Waals surface area contributed by atoms with Crippen LogP contribution in [0.2, 0.25) is 0 Å². The molecule has 0 amide bonds. The molecule has 0 saturated heterocycles. The highest BCUT2D eigenvalue weighted by molar-refractivity contribution is 4.93. The predicted octanol–water partition coefficient (Wildman–Crippen LogP) is 2.30. The maximum absolute atomic E-state index is 9.11. The molecule has 0 aromatic rings. The van der Waals surface area contributed by atoms with Crippen LogP contribution in [0, 0.1) is 10.8 Å². The first kappa shape index (κ1) is 12.0. The average molecular weight is 199 g/mol. The highest BCUT2D eigenvalue weighted by atomic mass is 16.3. The van der Waals surface area contributed by atoms with Gasteiger partial charge in [0.1, 0.15) is 0 Å². The number of hydrogen-bond acceptors (Lipinski definition) is 2. The molecule has 1 fully saturated rings. The largest absolute Gasteiger partial charge is 0.396 e. The molecule has 2 heteroatoms. The Labute approximate surface area is 87.9 Å². The number of aliphatic hydroxyl groups excluding tert-OH is 1. The van der Waals surface area contributed by atoms with Gasteiger partial charge >= 0.3 is 0 Å². The van der Waals surface area contributed by atoms with E-state index in [-0.39, 0.29) is 18.1 Å². The summed E-state index contributed by atoms with van der Waals surface area (Å²) in [6, 6.07) is 0.214. The van der Waals surface area contributed by atoms with Crippen molar-refractivity contribution in [1.82, 2.24) is 0 Å². The van der Waals surface area contributed by atoms with Gasteiger partial charge in [0.05, 0.1) is 0 Å². The molecule has 1 aliphatic rings. The standard InChI is InChI=1S/C12H25NO/c1-10(13)12(8-9-14)6-4-11(2,3)5-7-12/h10,14H,4-9,13H2,1-3H3. The fraction of sp³-hybridized carbons (Fsp3) is 1.00. The van der Waals surface area contributed by atoms with E-state index in [9.17, 15) is 0 Å². The molecule has 14 heavy (non-hydrogen) atoms. The Balaban J connectivity index is 2.64. The van der Waals surface area contributed by atoms with Gasteiger partial charge in [-0.15, -0.1) is 0 Å². The van der Waals surface area contributed by atoms with Crippen LogP contribution in [0.1, 0.15) is 52.9 Å². The summed E-state index contributed by atoms with van der Waals surface area (Å²) in [6.45, 7) is 7.03. The van der Waals surface area contributed by atoms with Crippen LogP contribution in [0.5, 0.6) is 0 Å². The molecule has 2 nitrogen and oxygen atoms in total. The van der Waals surface area contributed by atoms with Crippen LogP contribution in [-0.2, 0) is 0 Å². The van der Waals surface area contributed by atoms with E-state index < -0.39 is 0 Å². The van der Waals surface area contributed by atoms with Crippen molar-refractivity contribution in [2.45, 2.75) is 58.9 Å². The zero-order chi connectivity index (χ0) is 10.8. The van der Waals surface area contributed by atoms with E-state index in [4.69, 9.17) is 10.8 Å². The van der Waals surface area contributed by atoms with Gasteiger partial charge in [-0.2, -0.15) is 0 Å². The summed E-state index contributed by atoms with van der Waals surface area (Å²) in [6.07, 6.45) is 5.72. The third-order valence-electron chi connectivity index (χ3n) is 4.17. The van der Waals surface area contributed by atoms with E-state index in [2.05, 4.69) is 20.8 Å². The van der Waals surface area contributed by atoms with E-state index in [1.807, 2.05) is 0 Å². The third-order valence-corrected chi connectivity index (χ3v) is 4.17. The van der Waals surface area contributed by atoms with Crippen molar-refractivity contribution in [3.63, 3.8) is 0 Å². The zero-order valence-electron chi connectivity index (χ0n) is 9.84. The second kappa shape index (κ2) is 4.19. The van der Waals surface area contributed by atoms with Crippen molar-refractivity contribution in [3.8, 4) is 0 Å². The lowest BCUT2D eigenvalue weighted by Crippen LogP contribution is -2.44. The molecule has 1 rings (SSSR count). The molecule has 1 atom stereocenters. The van der Waals surface area contributed by atoms with Gasteiger partial charge in [-0.1, -0.05) is 13.8 Å². The van der Waals surface area contributed by atoms with Crippen molar-refractivity contribution in [2.75, 3.05) is 6.61 Å². The van der Waals surface area contributed by atoms with Crippen LogP contribution in [0.3, 0.4) is 0 Å². The highest BCUT2D eigenvalue weighted by Crippen LogP contribution is 2.48. The molecule has 0 bridgehead atoms. The van der Waals surface area contributed by atoms with Crippen molar-refractivity contribution >= 4 is 0 Å². The number of aliphatic hydroxyl groups is 1. The number of nitrogens with two attached hydrogens (primary N) is 1. The molecular formula is C12H25NO. The first-order chi connectivity index (χ1) is 6.42. The Morgan fingerprint density at radius 3 is 2.07 bits per heavy atom. The van der Waals surface area contributed by atoms with Crippen molar-refractivity contribution in [1.29, 1.82) is 0 Å². The van der Waals surface area contributed by atoms with Gasteiger partial charge < -0.3 is 10.8 Å². The second-order valence-corrected chi connectivity index (χ2v) is 5.79. The Hall–Kier alpha value is -0.0800. The minimum absolute atomic E-state index is 0.213. The third kappa shape index (κ3) is 2.48. The fourth-order valence-electron chi connectivity index (χ4n) is 2.58. The minimum atomic E-state index is 0.213. The van der Waals surface area contributed by atoms with Gasteiger partial charge in [-0.3, -0.25) is 0 Å². The average Bonchev–Trinajstić information content (AvgIpc) is 2.09. The van der Waals surface area contributed by atoms with Gasteiger partial charge in [-0.05, 0) is 49.9 Å². The zero-order valence-corrected chi connectivity index (χ0v) is 9.84. The van der Waals surface area contributed by atoms with Crippen LogP contribution >= 0.6 is 0 Å². The summed E-state index contributed by atoms with van der Waals surface area (Å²) in [5.74, 6) is 0. The van der Waals surface area contributed by atoms with Crippen LogP contribution in [0.4, 0.5) is 0 Å². The van der Waals surface area contributed by atoms with E-state index in [1.54, 1.807) is 0 Å². The van der Waals surface area contributed by atoms with Crippen LogP contribution in [0.15, 0.2) is 0 Å².